The lowest BCUT2D eigenvalue weighted by Gasteiger charge is -2.36. The van der Waals surface area contributed by atoms with Crippen LogP contribution in [0.1, 0.15) is 32.1 Å². The molecule has 2 saturated heterocycles. The Bertz CT molecular complexity index is 462. The van der Waals surface area contributed by atoms with Gasteiger partial charge in [-0.05, 0) is 57.4 Å². The highest BCUT2D eigenvalue weighted by Gasteiger charge is 2.33. The fourth-order valence-corrected chi connectivity index (χ4v) is 4.53. The molecule has 0 aliphatic carbocycles. The minimum Gasteiger partial charge on any atom is -0.381 e. The van der Waals surface area contributed by atoms with Crippen LogP contribution in [0.5, 0.6) is 0 Å². The van der Waals surface area contributed by atoms with Crippen LogP contribution in [0.2, 0.25) is 0 Å². The van der Waals surface area contributed by atoms with Gasteiger partial charge in [0, 0.05) is 38.1 Å². The molecule has 2 aliphatic rings. The zero-order valence-corrected chi connectivity index (χ0v) is 17.2. The fraction of sp³-hybridized carbons (Fsp3) is 0.944. The number of hydrogen-bond donors (Lipinski definition) is 2. The number of halogens is 3. The van der Waals surface area contributed by atoms with Crippen LogP contribution in [0.3, 0.4) is 0 Å². The zero-order chi connectivity index (χ0) is 19.8. The third-order valence-corrected chi connectivity index (χ3v) is 7.01. The summed E-state index contributed by atoms with van der Waals surface area (Å²) in [4.78, 5) is 5.81. The van der Waals surface area contributed by atoms with Crippen molar-refractivity contribution in [3.63, 3.8) is 0 Å². The number of guanidine groups is 1. The van der Waals surface area contributed by atoms with Gasteiger partial charge in [-0.2, -0.15) is 24.9 Å². The zero-order valence-electron chi connectivity index (χ0n) is 16.4. The number of thioether (sulfide) groups is 1. The summed E-state index contributed by atoms with van der Waals surface area (Å²) in [5, 5.41) is 6.78. The first-order valence-corrected chi connectivity index (χ1v) is 10.9. The Morgan fingerprint density at radius 2 is 1.89 bits per heavy atom. The van der Waals surface area contributed by atoms with Crippen molar-refractivity contribution in [2.24, 2.45) is 10.9 Å². The molecule has 2 N–H and O–H groups in total. The van der Waals surface area contributed by atoms with Crippen LogP contribution >= 0.6 is 11.8 Å². The number of nitrogens with one attached hydrogen (secondary N) is 2. The number of rotatable bonds is 7. The molecule has 0 radical (unpaired) electrons. The number of aliphatic imine (C=N–C) groups is 1. The minimum absolute atomic E-state index is 0.196. The molecule has 0 unspecified atom stereocenters. The van der Waals surface area contributed by atoms with Gasteiger partial charge >= 0.3 is 6.18 Å². The average molecular weight is 411 g/mol. The van der Waals surface area contributed by atoms with E-state index in [-0.39, 0.29) is 4.75 Å². The Morgan fingerprint density at radius 3 is 2.44 bits per heavy atom. The minimum atomic E-state index is -4.09. The van der Waals surface area contributed by atoms with E-state index in [1.165, 1.54) is 4.90 Å². The predicted molar refractivity (Wildman–Crippen MR) is 105 cm³/mol. The highest BCUT2D eigenvalue weighted by molar-refractivity contribution is 8.00. The lowest BCUT2D eigenvalue weighted by molar-refractivity contribution is -0.148. The van der Waals surface area contributed by atoms with Crippen LogP contribution < -0.4 is 10.6 Å². The Balaban J connectivity index is 1.64. The molecule has 0 aromatic rings. The summed E-state index contributed by atoms with van der Waals surface area (Å²) in [7, 11) is 1.76. The first-order chi connectivity index (χ1) is 12.9. The molecule has 2 aliphatic heterocycles. The second-order valence-electron chi connectivity index (χ2n) is 7.48. The highest BCUT2D eigenvalue weighted by Crippen LogP contribution is 2.33. The molecule has 2 rings (SSSR count). The maximum atomic E-state index is 12.4. The molecule has 0 aromatic carbocycles. The van der Waals surface area contributed by atoms with E-state index in [1.807, 2.05) is 11.8 Å². The second-order valence-corrected chi connectivity index (χ2v) is 8.75. The van der Waals surface area contributed by atoms with E-state index < -0.39 is 12.7 Å². The Morgan fingerprint density at radius 1 is 1.22 bits per heavy atom. The van der Waals surface area contributed by atoms with Gasteiger partial charge < -0.3 is 15.4 Å². The highest BCUT2D eigenvalue weighted by atomic mass is 32.2. The lowest BCUT2D eigenvalue weighted by atomic mass is 9.93. The summed E-state index contributed by atoms with van der Waals surface area (Å²) in [6.07, 6.45) is 2.75. The Labute approximate surface area is 164 Å². The molecule has 2 fully saturated rings. The molecular weight excluding hydrogens is 377 g/mol. The molecule has 5 nitrogen and oxygen atoms in total. The van der Waals surface area contributed by atoms with Crippen molar-refractivity contribution in [1.82, 2.24) is 15.5 Å². The second kappa shape index (κ2) is 10.8. The van der Waals surface area contributed by atoms with Crippen molar-refractivity contribution < 1.29 is 17.9 Å². The first kappa shape index (κ1) is 22.6. The molecule has 0 aromatic heterocycles. The van der Waals surface area contributed by atoms with Gasteiger partial charge in [-0.1, -0.05) is 0 Å². The fourth-order valence-electron chi connectivity index (χ4n) is 3.74. The molecule has 0 amide bonds. The summed E-state index contributed by atoms with van der Waals surface area (Å²) in [6.45, 7) is 3.55. The van der Waals surface area contributed by atoms with E-state index >= 15 is 0 Å². The number of alkyl halides is 3. The number of nitrogens with zero attached hydrogens (tertiary/aromatic N) is 2. The monoisotopic (exact) mass is 410 g/mol. The molecule has 27 heavy (non-hydrogen) atoms. The van der Waals surface area contributed by atoms with Crippen LogP contribution in [0.4, 0.5) is 13.2 Å². The van der Waals surface area contributed by atoms with E-state index in [9.17, 15) is 13.2 Å². The number of piperidine rings is 1. The molecule has 0 atom stereocenters. The van der Waals surface area contributed by atoms with Gasteiger partial charge in [0.1, 0.15) is 0 Å². The van der Waals surface area contributed by atoms with E-state index in [4.69, 9.17) is 4.74 Å². The van der Waals surface area contributed by atoms with Crippen LogP contribution in [0, 0.1) is 5.92 Å². The maximum absolute atomic E-state index is 12.4. The molecular formula is C18H33F3N4OS. The van der Waals surface area contributed by atoms with Crippen molar-refractivity contribution in [2.45, 2.75) is 43.0 Å². The van der Waals surface area contributed by atoms with E-state index in [0.717, 1.165) is 64.4 Å². The summed E-state index contributed by atoms with van der Waals surface area (Å²) in [6, 6.07) is 0. The predicted octanol–water partition coefficient (Wildman–Crippen LogP) is 2.73. The average Bonchev–Trinajstić information content (AvgIpc) is 2.65. The van der Waals surface area contributed by atoms with Crippen molar-refractivity contribution in [1.29, 1.82) is 0 Å². The van der Waals surface area contributed by atoms with Gasteiger partial charge in [0.25, 0.3) is 0 Å². The van der Waals surface area contributed by atoms with Crippen LogP contribution in [-0.2, 0) is 4.74 Å². The van der Waals surface area contributed by atoms with E-state index in [1.54, 1.807) is 7.05 Å². The Hall–Kier alpha value is -0.670. The van der Waals surface area contributed by atoms with Crippen LogP contribution in [0.15, 0.2) is 4.99 Å². The largest absolute Gasteiger partial charge is 0.401 e. The molecule has 158 valence electrons. The quantitative estimate of drug-likeness (QED) is 0.499. The number of ether oxygens (including phenoxy) is 1. The van der Waals surface area contributed by atoms with Gasteiger partial charge in [0.2, 0.25) is 0 Å². The molecule has 0 bridgehead atoms. The van der Waals surface area contributed by atoms with Crippen molar-refractivity contribution in [3.8, 4) is 0 Å². The number of likely N-dealkylation sites (tertiary alicyclic amines) is 1. The van der Waals surface area contributed by atoms with E-state index in [2.05, 4.69) is 21.9 Å². The third-order valence-electron chi connectivity index (χ3n) is 5.59. The number of hydrogen-bond acceptors (Lipinski definition) is 4. The standard InChI is InChI=1S/C18H33F3N4OS/c1-22-16(24-13-17(27-2)6-11-26-12-7-17)23-8-3-15-4-9-25(10-5-15)14-18(19,20)21/h15H,3-14H2,1-2H3,(H2,22,23,24). The molecule has 2 heterocycles. The normalized spacial score (nSPS) is 22.6. The summed E-state index contributed by atoms with van der Waals surface area (Å²) in [5.41, 5.74) is 0. The summed E-state index contributed by atoms with van der Waals surface area (Å²) in [5.74, 6) is 1.28. The lowest BCUT2D eigenvalue weighted by Crippen LogP contribution is -2.48. The van der Waals surface area contributed by atoms with Crippen LogP contribution in [-0.4, -0.2) is 81.0 Å². The van der Waals surface area contributed by atoms with Gasteiger partial charge in [0.05, 0.1) is 6.54 Å². The third kappa shape index (κ3) is 8.07. The SMILES string of the molecule is CN=C(NCCC1CCN(CC(F)(F)F)CC1)NCC1(SC)CCOCC1. The van der Waals surface area contributed by atoms with E-state index in [0.29, 0.717) is 19.0 Å². The molecule has 0 saturated carbocycles. The van der Waals surface area contributed by atoms with Crippen molar-refractivity contribution in [2.75, 3.05) is 59.2 Å². The first-order valence-electron chi connectivity index (χ1n) is 9.72. The summed E-state index contributed by atoms with van der Waals surface area (Å²) >= 11 is 1.89. The maximum Gasteiger partial charge on any atom is 0.401 e. The van der Waals surface area contributed by atoms with Gasteiger partial charge in [-0.15, -0.1) is 0 Å². The van der Waals surface area contributed by atoms with Crippen molar-refractivity contribution in [3.05, 3.63) is 0 Å². The van der Waals surface area contributed by atoms with Crippen molar-refractivity contribution >= 4 is 17.7 Å². The van der Waals surface area contributed by atoms with Gasteiger partial charge in [0.15, 0.2) is 5.96 Å². The topological polar surface area (TPSA) is 48.9 Å². The molecule has 0 spiro atoms. The molecule has 9 heteroatoms. The van der Waals surface area contributed by atoms with Gasteiger partial charge in [-0.3, -0.25) is 9.89 Å². The summed E-state index contributed by atoms with van der Waals surface area (Å²) < 4.78 is 43.0. The van der Waals surface area contributed by atoms with Gasteiger partial charge in [-0.25, -0.2) is 0 Å². The Kier molecular flexibility index (Phi) is 9.01. The van der Waals surface area contributed by atoms with Crippen LogP contribution in [0.25, 0.3) is 0 Å². The smallest absolute Gasteiger partial charge is 0.381 e.